The van der Waals surface area contributed by atoms with Gasteiger partial charge in [0.15, 0.2) is 5.58 Å². The van der Waals surface area contributed by atoms with E-state index < -0.39 is 0 Å². The first-order valence-electron chi connectivity index (χ1n) is 8.41. The number of benzene rings is 2. The van der Waals surface area contributed by atoms with E-state index in [1.807, 2.05) is 66.2 Å². The van der Waals surface area contributed by atoms with Crippen LogP contribution in [0.3, 0.4) is 0 Å². The first kappa shape index (κ1) is 16.1. The third-order valence-corrected chi connectivity index (χ3v) is 4.33. The summed E-state index contributed by atoms with van der Waals surface area (Å²) >= 11 is 0. The van der Waals surface area contributed by atoms with E-state index in [9.17, 15) is 4.79 Å². The smallest absolute Gasteiger partial charge is 0.226 e. The predicted octanol–water partition coefficient (Wildman–Crippen LogP) is 3.43. The van der Waals surface area contributed by atoms with Crippen molar-refractivity contribution in [2.45, 2.75) is 19.4 Å². The highest BCUT2D eigenvalue weighted by molar-refractivity contribution is 5.86. The van der Waals surface area contributed by atoms with Gasteiger partial charge in [-0.3, -0.25) is 4.79 Å². The summed E-state index contributed by atoms with van der Waals surface area (Å²) in [6, 6.07) is 15.4. The van der Waals surface area contributed by atoms with Crippen LogP contribution in [0.5, 0.6) is 0 Å². The van der Waals surface area contributed by atoms with Gasteiger partial charge in [-0.2, -0.15) is 0 Å². The molecule has 0 radical (unpaired) electrons. The van der Waals surface area contributed by atoms with Crippen LogP contribution in [0.1, 0.15) is 24.2 Å². The van der Waals surface area contributed by atoms with Gasteiger partial charge in [0.1, 0.15) is 5.69 Å². The van der Waals surface area contributed by atoms with E-state index in [1.165, 1.54) is 0 Å². The minimum absolute atomic E-state index is 0.0930. The summed E-state index contributed by atoms with van der Waals surface area (Å²) in [5, 5.41) is 7.92. The van der Waals surface area contributed by atoms with Gasteiger partial charge in [-0.1, -0.05) is 29.4 Å². The largest absolute Gasteiger partial charge is 0.356 e. The molecule has 2 aromatic heterocycles. The Balaban J connectivity index is 1.47. The lowest BCUT2D eigenvalue weighted by Gasteiger charge is -2.15. The van der Waals surface area contributed by atoms with Gasteiger partial charge in [0.2, 0.25) is 5.91 Å². The van der Waals surface area contributed by atoms with Gasteiger partial charge in [-0.15, -0.1) is 0 Å². The molecule has 6 heteroatoms. The van der Waals surface area contributed by atoms with E-state index in [2.05, 4.69) is 15.5 Å². The highest BCUT2D eigenvalue weighted by Crippen LogP contribution is 2.20. The van der Waals surface area contributed by atoms with Crippen LogP contribution in [0.25, 0.3) is 16.7 Å². The minimum Gasteiger partial charge on any atom is -0.356 e. The lowest BCUT2D eigenvalue weighted by molar-refractivity contribution is -0.121. The molecule has 0 bridgehead atoms. The Bertz CT molecular complexity index is 1040. The number of hydrogen-bond donors (Lipinski definition) is 1. The number of hydrogen-bond acceptors (Lipinski definition) is 4. The quantitative estimate of drug-likeness (QED) is 0.601. The number of nitrogens with one attached hydrogen (secondary N) is 1. The van der Waals surface area contributed by atoms with Gasteiger partial charge in [0.05, 0.1) is 18.8 Å². The molecule has 0 saturated carbocycles. The van der Waals surface area contributed by atoms with Crippen LogP contribution in [0.15, 0.2) is 71.8 Å². The Morgan fingerprint density at radius 1 is 1.23 bits per heavy atom. The normalized spacial score (nSPS) is 12.2. The van der Waals surface area contributed by atoms with Crippen LogP contribution in [0.2, 0.25) is 0 Å². The van der Waals surface area contributed by atoms with Crippen molar-refractivity contribution in [2.24, 2.45) is 0 Å². The van der Waals surface area contributed by atoms with Crippen molar-refractivity contribution in [3.05, 3.63) is 78.5 Å². The fourth-order valence-electron chi connectivity index (χ4n) is 2.96. The third-order valence-electron chi connectivity index (χ3n) is 4.33. The number of carbonyl (C=O) groups is 1. The van der Waals surface area contributed by atoms with Crippen LogP contribution in [-0.2, 0) is 11.2 Å². The van der Waals surface area contributed by atoms with Gasteiger partial charge in [-0.25, -0.2) is 4.98 Å². The number of fused-ring (bicyclic) bond motifs is 1. The van der Waals surface area contributed by atoms with Gasteiger partial charge in [0.25, 0.3) is 0 Å². The Morgan fingerprint density at radius 3 is 2.96 bits per heavy atom. The molecule has 4 rings (SSSR count). The molecule has 0 aliphatic heterocycles. The van der Waals surface area contributed by atoms with Gasteiger partial charge >= 0.3 is 0 Å². The van der Waals surface area contributed by atoms with Crippen LogP contribution in [-0.4, -0.2) is 20.6 Å². The molecule has 0 aliphatic rings. The van der Waals surface area contributed by atoms with Crippen molar-refractivity contribution in [3.63, 3.8) is 0 Å². The predicted molar refractivity (Wildman–Crippen MR) is 97.8 cm³/mol. The van der Waals surface area contributed by atoms with Crippen molar-refractivity contribution < 1.29 is 9.32 Å². The molecule has 0 spiro atoms. The number of aromatic nitrogens is 3. The van der Waals surface area contributed by atoms with E-state index in [1.54, 1.807) is 12.5 Å². The molecule has 1 atom stereocenters. The average Bonchev–Trinajstić information content (AvgIpc) is 3.32. The lowest BCUT2D eigenvalue weighted by Crippen LogP contribution is -2.28. The summed E-state index contributed by atoms with van der Waals surface area (Å²) in [7, 11) is 0. The van der Waals surface area contributed by atoms with Crippen LogP contribution in [0.4, 0.5) is 0 Å². The van der Waals surface area contributed by atoms with Crippen molar-refractivity contribution in [2.75, 3.05) is 0 Å². The van der Waals surface area contributed by atoms with E-state index in [0.29, 0.717) is 11.3 Å². The number of para-hydroxylation sites is 1. The summed E-state index contributed by atoms with van der Waals surface area (Å²) in [5.74, 6) is -0.0930. The van der Waals surface area contributed by atoms with Gasteiger partial charge in [0, 0.05) is 23.5 Å². The third kappa shape index (κ3) is 3.21. The molecule has 130 valence electrons. The van der Waals surface area contributed by atoms with Crippen LogP contribution in [0, 0.1) is 0 Å². The molecule has 26 heavy (non-hydrogen) atoms. The summed E-state index contributed by atoms with van der Waals surface area (Å²) in [6.45, 7) is 1.96. The summed E-state index contributed by atoms with van der Waals surface area (Å²) < 4.78 is 7.19. The van der Waals surface area contributed by atoms with E-state index in [-0.39, 0.29) is 18.4 Å². The molecule has 0 saturated heterocycles. The second kappa shape index (κ2) is 6.84. The van der Waals surface area contributed by atoms with Gasteiger partial charge in [-0.05, 0) is 36.8 Å². The van der Waals surface area contributed by atoms with E-state index in [0.717, 1.165) is 16.6 Å². The molecule has 6 nitrogen and oxygen atoms in total. The Morgan fingerprint density at radius 2 is 2.12 bits per heavy atom. The zero-order valence-corrected chi connectivity index (χ0v) is 14.3. The molecule has 1 amide bonds. The fourth-order valence-corrected chi connectivity index (χ4v) is 2.96. The molecule has 0 fully saturated rings. The first-order chi connectivity index (χ1) is 12.7. The van der Waals surface area contributed by atoms with E-state index in [4.69, 9.17) is 4.52 Å². The molecular weight excluding hydrogens is 328 g/mol. The molecule has 0 aliphatic carbocycles. The van der Waals surface area contributed by atoms with Gasteiger partial charge < -0.3 is 14.4 Å². The number of imidazole rings is 1. The van der Waals surface area contributed by atoms with Crippen molar-refractivity contribution in [1.29, 1.82) is 0 Å². The Hall–Kier alpha value is -3.41. The summed E-state index contributed by atoms with van der Waals surface area (Å²) in [5.41, 5.74) is 3.37. The molecule has 1 N–H and O–H groups in total. The van der Waals surface area contributed by atoms with Crippen LogP contribution < -0.4 is 5.32 Å². The number of carbonyl (C=O) groups excluding carboxylic acids is 1. The Kier molecular flexibility index (Phi) is 4.23. The number of amides is 1. The van der Waals surface area contributed by atoms with Crippen LogP contribution >= 0.6 is 0 Å². The zero-order valence-electron chi connectivity index (χ0n) is 14.3. The maximum atomic E-state index is 12.4. The SMILES string of the molecule is CC(NC(=O)Cc1noc2ccccc12)c1cccc(-n2ccnc2)c1. The number of rotatable bonds is 5. The molecule has 2 aromatic carbocycles. The maximum Gasteiger partial charge on any atom is 0.226 e. The molecule has 4 aromatic rings. The molecular formula is C20H18N4O2. The summed E-state index contributed by atoms with van der Waals surface area (Å²) in [4.78, 5) is 16.5. The fraction of sp³-hybridized carbons (Fsp3) is 0.150. The lowest BCUT2D eigenvalue weighted by atomic mass is 10.1. The maximum absolute atomic E-state index is 12.4. The second-order valence-corrected chi connectivity index (χ2v) is 6.16. The topological polar surface area (TPSA) is 73.0 Å². The average molecular weight is 346 g/mol. The minimum atomic E-state index is -0.121. The van der Waals surface area contributed by atoms with E-state index >= 15 is 0 Å². The highest BCUT2D eigenvalue weighted by atomic mass is 16.5. The standard InChI is InChI=1S/C20H18N4O2/c1-14(15-5-4-6-16(11-15)24-10-9-21-13-24)22-20(25)12-18-17-7-2-3-8-19(17)26-23-18/h2-11,13-14H,12H2,1H3,(H,22,25). The van der Waals surface area contributed by atoms with Crippen molar-refractivity contribution in [3.8, 4) is 5.69 Å². The first-order valence-corrected chi connectivity index (χ1v) is 8.41. The Labute approximate surface area is 150 Å². The zero-order chi connectivity index (χ0) is 17.9. The monoisotopic (exact) mass is 346 g/mol. The molecule has 2 heterocycles. The van der Waals surface area contributed by atoms with Crippen molar-refractivity contribution in [1.82, 2.24) is 20.0 Å². The molecule has 1 unspecified atom stereocenters. The second-order valence-electron chi connectivity index (χ2n) is 6.16. The summed E-state index contributed by atoms with van der Waals surface area (Å²) in [6.07, 6.45) is 5.55. The van der Waals surface area contributed by atoms with Crippen molar-refractivity contribution >= 4 is 16.9 Å². The number of nitrogens with zero attached hydrogens (tertiary/aromatic N) is 3. The highest BCUT2D eigenvalue weighted by Gasteiger charge is 2.15.